The first-order valence-electron chi connectivity index (χ1n) is 6.65. The van der Waals surface area contributed by atoms with Crippen molar-refractivity contribution in [3.63, 3.8) is 0 Å². The quantitative estimate of drug-likeness (QED) is 0.885. The van der Waals surface area contributed by atoms with Gasteiger partial charge in [0.2, 0.25) is 0 Å². The summed E-state index contributed by atoms with van der Waals surface area (Å²) in [5.74, 6) is -0.772. The fraction of sp³-hybridized carbons (Fsp3) is 0.571. The number of rotatable bonds is 5. The number of benzene rings is 1. The molecule has 19 heavy (non-hydrogen) atoms. The molecule has 0 aromatic heterocycles. The highest BCUT2D eigenvalue weighted by atomic mass is 19.1. The minimum atomic E-state index is -0.404. The van der Waals surface area contributed by atoms with Gasteiger partial charge >= 0.3 is 0 Å². The first-order chi connectivity index (χ1) is 9.16. The molecule has 1 aromatic rings. The lowest BCUT2D eigenvalue weighted by atomic mass is 10.1. The van der Waals surface area contributed by atoms with Gasteiger partial charge in [-0.25, -0.2) is 8.78 Å². The molecule has 5 heteroatoms. The Morgan fingerprint density at radius 2 is 2.05 bits per heavy atom. The molecule has 0 saturated carbocycles. The summed E-state index contributed by atoms with van der Waals surface area (Å²) in [6.07, 6.45) is 0. The van der Waals surface area contributed by atoms with E-state index in [0.717, 1.165) is 45.5 Å². The monoisotopic (exact) mass is 270 g/mol. The molecule has 1 N–H and O–H groups in total. The number of nitrogens with one attached hydrogen (secondary N) is 1. The Morgan fingerprint density at radius 1 is 1.32 bits per heavy atom. The Hall–Kier alpha value is -1.04. The molecule has 2 rings (SSSR count). The Labute approximate surface area is 112 Å². The fourth-order valence-corrected chi connectivity index (χ4v) is 2.22. The Kier molecular flexibility index (Phi) is 5.24. The molecular formula is C14H20F2N2O. The van der Waals surface area contributed by atoms with Gasteiger partial charge in [-0.15, -0.1) is 0 Å². The van der Waals surface area contributed by atoms with Gasteiger partial charge in [0.25, 0.3) is 0 Å². The Morgan fingerprint density at radius 3 is 2.79 bits per heavy atom. The first kappa shape index (κ1) is 14.4. The van der Waals surface area contributed by atoms with Crippen molar-refractivity contribution in [2.24, 2.45) is 0 Å². The van der Waals surface area contributed by atoms with Crippen molar-refractivity contribution in [2.45, 2.75) is 13.0 Å². The van der Waals surface area contributed by atoms with Crippen molar-refractivity contribution in [3.8, 4) is 0 Å². The normalized spacial score (nSPS) is 18.5. The van der Waals surface area contributed by atoms with Crippen LogP contribution in [0.3, 0.4) is 0 Å². The molecule has 0 amide bonds. The van der Waals surface area contributed by atoms with Crippen LogP contribution in [0.5, 0.6) is 0 Å². The van der Waals surface area contributed by atoms with E-state index in [1.165, 1.54) is 12.1 Å². The van der Waals surface area contributed by atoms with Gasteiger partial charge < -0.3 is 10.1 Å². The molecule has 1 unspecified atom stereocenters. The summed E-state index contributed by atoms with van der Waals surface area (Å²) < 4.78 is 31.9. The van der Waals surface area contributed by atoms with Crippen molar-refractivity contribution >= 4 is 0 Å². The van der Waals surface area contributed by atoms with Gasteiger partial charge in [-0.05, 0) is 25.1 Å². The van der Waals surface area contributed by atoms with Gasteiger partial charge in [0, 0.05) is 37.8 Å². The molecule has 1 fully saturated rings. The molecule has 3 nitrogen and oxygen atoms in total. The number of halogens is 2. The van der Waals surface area contributed by atoms with Crippen molar-refractivity contribution < 1.29 is 13.5 Å². The van der Waals surface area contributed by atoms with Crippen LogP contribution in [0.15, 0.2) is 18.2 Å². The summed E-state index contributed by atoms with van der Waals surface area (Å²) in [5, 5.41) is 3.23. The zero-order valence-electron chi connectivity index (χ0n) is 11.2. The van der Waals surface area contributed by atoms with Crippen molar-refractivity contribution in [1.82, 2.24) is 10.2 Å². The van der Waals surface area contributed by atoms with E-state index in [4.69, 9.17) is 4.74 Å². The minimum absolute atomic E-state index is 0.197. The van der Waals surface area contributed by atoms with E-state index < -0.39 is 5.82 Å². The second-order valence-corrected chi connectivity index (χ2v) is 4.80. The van der Waals surface area contributed by atoms with Gasteiger partial charge in [-0.3, -0.25) is 4.90 Å². The van der Waals surface area contributed by atoms with Crippen LogP contribution < -0.4 is 5.32 Å². The third kappa shape index (κ3) is 4.23. The first-order valence-corrected chi connectivity index (χ1v) is 6.65. The van der Waals surface area contributed by atoms with Crippen molar-refractivity contribution in [1.29, 1.82) is 0 Å². The van der Waals surface area contributed by atoms with Crippen LogP contribution in [0.25, 0.3) is 0 Å². The van der Waals surface area contributed by atoms with Crippen LogP contribution in [0.2, 0.25) is 0 Å². The van der Waals surface area contributed by atoms with Crippen molar-refractivity contribution in [2.75, 3.05) is 39.4 Å². The highest BCUT2D eigenvalue weighted by molar-refractivity contribution is 5.21. The molecule has 0 bridgehead atoms. The maximum Gasteiger partial charge on any atom is 0.128 e. The second kappa shape index (κ2) is 6.93. The number of morpholine rings is 1. The topological polar surface area (TPSA) is 24.5 Å². The van der Waals surface area contributed by atoms with Gasteiger partial charge in [0.05, 0.1) is 13.2 Å². The van der Waals surface area contributed by atoms with Gasteiger partial charge in [0.15, 0.2) is 0 Å². The average molecular weight is 270 g/mol. The van der Waals surface area contributed by atoms with Crippen LogP contribution in [-0.2, 0) is 4.74 Å². The SMILES string of the molecule is CC(NCCN1CCOCC1)c1cc(F)ccc1F. The predicted octanol–water partition coefficient (Wildman–Crippen LogP) is 1.95. The van der Waals surface area contributed by atoms with Crippen LogP contribution in [-0.4, -0.2) is 44.3 Å². The molecule has 1 atom stereocenters. The molecule has 0 spiro atoms. The maximum absolute atomic E-state index is 13.6. The summed E-state index contributed by atoms with van der Waals surface area (Å²) in [6, 6.07) is 3.36. The molecule has 1 aliphatic rings. The summed E-state index contributed by atoms with van der Waals surface area (Å²) in [7, 11) is 0. The van der Waals surface area contributed by atoms with E-state index in [0.29, 0.717) is 5.56 Å². The Balaban J connectivity index is 1.80. The molecular weight excluding hydrogens is 250 g/mol. The van der Waals surface area contributed by atoms with Gasteiger partial charge in [0.1, 0.15) is 11.6 Å². The largest absolute Gasteiger partial charge is 0.379 e. The van der Waals surface area contributed by atoms with E-state index in [2.05, 4.69) is 10.2 Å². The Bertz CT molecular complexity index is 408. The maximum atomic E-state index is 13.6. The highest BCUT2D eigenvalue weighted by Gasteiger charge is 2.13. The third-order valence-electron chi connectivity index (χ3n) is 3.41. The van der Waals surface area contributed by atoms with Crippen LogP contribution in [0.1, 0.15) is 18.5 Å². The molecule has 1 saturated heterocycles. The number of nitrogens with zero attached hydrogens (tertiary/aromatic N) is 1. The third-order valence-corrected chi connectivity index (χ3v) is 3.41. The summed E-state index contributed by atoms with van der Waals surface area (Å²) in [5.41, 5.74) is 0.377. The molecule has 1 aliphatic heterocycles. The van der Waals surface area contributed by atoms with Gasteiger partial charge in [-0.2, -0.15) is 0 Å². The van der Waals surface area contributed by atoms with Crippen molar-refractivity contribution in [3.05, 3.63) is 35.4 Å². The van der Waals surface area contributed by atoms with Crippen LogP contribution in [0.4, 0.5) is 8.78 Å². The molecule has 1 aromatic carbocycles. The molecule has 106 valence electrons. The van der Waals surface area contributed by atoms with E-state index in [9.17, 15) is 8.78 Å². The lowest BCUT2D eigenvalue weighted by molar-refractivity contribution is 0.0382. The lowest BCUT2D eigenvalue weighted by Gasteiger charge is -2.27. The smallest absolute Gasteiger partial charge is 0.128 e. The standard InChI is InChI=1S/C14H20F2N2O/c1-11(13-10-12(15)2-3-14(13)16)17-4-5-18-6-8-19-9-7-18/h2-3,10-11,17H,4-9H2,1H3. The molecule has 1 heterocycles. The molecule has 0 aliphatic carbocycles. The van der Waals surface area contributed by atoms with Crippen LogP contribution in [0, 0.1) is 11.6 Å². The zero-order valence-corrected chi connectivity index (χ0v) is 11.2. The lowest BCUT2D eigenvalue weighted by Crippen LogP contribution is -2.40. The predicted molar refractivity (Wildman–Crippen MR) is 70.0 cm³/mol. The minimum Gasteiger partial charge on any atom is -0.379 e. The van der Waals surface area contributed by atoms with E-state index >= 15 is 0 Å². The summed E-state index contributed by atoms with van der Waals surface area (Å²) >= 11 is 0. The fourth-order valence-electron chi connectivity index (χ4n) is 2.22. The van der Waals surface area contributed by atoms with Crippen LogP contribution >= 0.6 is 0 Å². The number of hydrogen-bond acceptors (Lipinski definition) is 3. The highest BCUT2D eigenvalue weighted by Crippen LogP contribution is 2.17. The van der Waals surface area contributed by atoms with E-state index in [1.807, 2.05) is 6.92 Å². The molecule has 0 radical (unpaired) electrons. The number of hydrogen-bond donors (Lipinski definition) is 1. The average Bonchev–Trinajstić information content (AvgIpc) is 2.42. The summed E-state index contributed by atoms with van der Waals surface area (Å²) in [4.78, 5) is 2.30. The van der Waals surface area contributed by atoms with E-state index in [-0.39, 0.29) is 11.9 Å². The zero-order chi connectivity index (χ0) is 13.7. The number of ether oxygens (including phenoxy) is 1. The summed E-state index contributed by atoms with van der Waals surface area (Å²) in [6.45, 7) is 6.90. The van der Waals surface area contributed by atoms with E-state index in [1.54, 1.807) is 0 Å². The van der Waals surface area contributed by atoms with Gasteiger partial charge in [-0.1, -0.05) is 0 Å². The second-order valence-electron chi connectivity index (χ2n) is 4.80.